The minimum atomic E-state index is -0.373. The fourth-order valence-electron chi connectivity index (χ4n) is 1.74. The quantitative estimate of drug-likeness (QED) is 0.838. The Kier molecular flexibility index (Phi) is 5.38. The Morgan fingerprint density at radius 3 is 2.05 bits per heavy atom. The number of anilines is 1. The summed E-state index contributed by atoms with van der Waals surface area (Å²) in [5, 5.41) is 3.45. The molecule has 2 aromatic rings. The zero-order valence-corrected chi connectivity index (χ0v) is 13.0. The number of hydrogen-bond acceptors (Lipinski definition) is 3. The topological polar surface area (TPSA) is 67.4 Å². The summed E-state index contributed by atoms with van der Waals surface area (Å²) in [4.78, 5) is 28.2. The van der Waals surface area contributed by atoms with Gasteiger partial charge in [0.25, 0.3) is 11.8 Å². The minimum absolute atomic E-state index is 0.346. The lowest BCUT2D eigenvalue weighted by atomic mass is 10.1. The van der Waals surface area contributed by atoms with Gasteiger partial charge >= 0.3 is 0 Å². The number of hydroxylamine groups is 1. The summed E-state index contributed by atoms with van der Waals surface area (Å²) in [6.07, 6.45) is 0. The maximum atomic E-state index is 12.1. The van der Waals surface area contributed by atoms with Gasteiger partial charge < -0.3 is 5.32 Å². The molecule has 2 rings (SSSR count). The van der Waals surface area contributed by atoms with Gasteiger partial charge in [0.1, 0.15) is 0 Å². The van der Waals surface area contributed by atoms with E-state index in [2.05, 4.69) is 15.6 Å². The van der Waals surface area contributed by atoms with E-state index in [1.54, 1.807) is 30.3 Å². The molecule has 0 saturated heterocycles. The summed E-state index contributed by atoms with van der Waals surface area (Å²) in [5.74, 6) is -0.722. The number of carbonyl (C=O) groups is 2. The highest BCUT2D eigenvalue weighted by Gasteiger charge is 2.09. The first-order valence-corrected chi connectivity index (χ1v) is 6.96. The lowest BCUT2D eigenvalue weighted by molar-refractivity contribution is 0.0537. The van der Waals surface area contributed by atoms with Crippen LogP contribution in [-0.2, 0) is 4.84 Å². The molecule has 0 aliphatic heterocycles. The first-order chi connectivity index (χ1) is 10.5. The Morgan fingerprint density at radius 2 is 1.50 bits per heavy atom. The van der Waals surface area contributed by atoms with Crippen molar-refractivity contribution in [3.63, 3.8) is 0 Å². The van der Waals surface area contributed by atoms with Crippen molar-refractivity contribution in [2.75, 3.05) is 12.4 Å². The van der Waals surface area contributed by atoms with Gasteiger partial charge in [-0.05, 0) is 42.5 Å². The van der Waals surface area contributed by atoms with Gasteiger partial charge in [-0.3, -0.25) is 14.4 Å². The third kappa shape index (κ3) is 4.21. The summed E-state index contributed by atoms with van der Waals surface area (Å²) < 4.78 is 0. The van der Waals surface area contributed by atoms with Crippen LogP contribution in [0, 0.1) is 0 Å². The van der Waals surface area contributed by atoms with Gasteiger partial charge in [0, 0.05) is 26.9 Å². The molecular weight excluding hydrogens is 327 g/mol. The van der Waals surface area contributed by atoms with Gasteiger partial charge in [0.05, 0.1) is 7.11 Å². The average molecular weight is 339 g/mol. The van der Waals surface area contributed by atoms with Crippen molar-refractivity contribution in [1.82, 2.24) is 5.48 Å². The number of hydrogen-bond donors (Lipinski definition) is 2. The van der Waals surface area contributed by atoms with Crippen LogP contribution >= 0.6 is 23.2 Å². The lowest BCUT2D eigenvalue weighted by Gasteiger charge is -2.07. The van der Waals surface area contributed by atoms with Gasteiger partial charge in [0.15, 0.2) is 0 Å². The Labute approximate surface area is 137 Å². The van der Waals surface area contributed by atoms with Crippen LogP contribution < -0.4 is 10.8 Å². The van der Waals surface area contributed by atoms with Crippen LogP contribution in [0.15, 0.2) is 42.5 Å². The van der Waals surface area contributed by atoms with Crippen molar-refractivity contribution < 1.29 is 14.4 Å². The number of halogens is 2. The van der Waals surface area contributed by atoms with Gasteiger partial charge in [0.2, 0.25) is 0 Å². The van der Waals surface area contributed by atoms with Gasteiger partial charge in [-0.2, -0.15) is 0 Å². The van der Waals surface area contributed by atoms with Crippen LogP contribution in [-0.4, -0.2) is 18.9 Å². The summed E-state index contributed by atoms with van der Waals surface area (Å²) in [5.41, 5.74) is 3.50. The van der Waals surface area contributed by atoms with Crippen LogP contribution in [0.25, 0.3) is 0 Å². The summed E-state index contributed by atoms with van der Waals surface area (Å²) in [6, 6.07) is 10.9. The average Bonchev–Trinajstić information content (AvgIpc) is 2.47. The van der Waals surface area contributed by atoms with Crippen molar-refractivity contribution >= 4 is 40.7 Å². The van der Waals surface area contributed by atoms with E-state index in [-0.39, 0.29) is 11.8 Å². The molecule has 0 aliphatic carbocycles. The van der Waals surface area contributed by atoms with E-state index < -0.39 is 0 Å². The fraction of sp³-hybridized carbons (Fsp3) is 0.0667. The number of carbonyl (C=O) groups excluding carboxylic acids is 2. The lowest BCUT2D eigenvalue weighted by Crippen LogP contribution is -2.21. The normalized spacial score (nSPS) is 10.1. The van der Waals surface area contributed by atoms with E-state index in [0.717, 1.165) is 0 Å². The smallest absolute Gasteiger partial charge is 0.274 e. The molecule has 7 heteroatoms. The second-order valence-electron chi connectivity index (χ2n) is 4.32. The van der Waals surface area contributed by atoms with Gasteiger partial charge in [-0.15, -0.1) is 0 Å². The van der Waals surface area contributed by atoms with E-state index >= 15 is 0 Å². The maximum Gasteiger partial charge on any atom is 0.274 e. The fourth-order valence-corrected chi connectivity index (χ4v) is 2.27. The van der Waals surface area contributed by atoms with Crippen molar-refractivity contribution in [3.8, 4) is 0 Å². The molecule has 0 bridgehead atoms. The van der Waals surface area contributed by atoms with Gasteiger partial charge in [-0.1, -0.05) is 23.2 Å². The number of benzene rings is 2. The number of amides is 2. The van der Waals surface area contributed by atoms with E-state index in [9.17, 15) is 9.59 Å². The van der Waals surface area contributed by atoms with Crippen LogP contribution in [0.3, 0.4) is 0 Å². The molecule has 5 nitrogen and oxygen atoms in total. The highest BCUT2D eigenvalue weighted by Crippen LogP contribution is 2.20. The van der Waals surface area contributed by atoms with E-state index in [1.807, 2.05) is 0 Å². The third-order valence-electron chi connectivity index (χ3n) is 2.72. The Morgan fingerprint density at radius 1 is 0.909 bits per heavy atom. The third-order valence-corrected chi connectivity index (χ3v) is 3.16. The van der Waals surface area contributed by atoms with Crippen LogP contribution in [0.1, 0.15) is 20.7 Å². The van der Waals surface area contributed by atoms with Crippen molar-refractivity contribution in [3.05, 3.63) is 63.6 Å². The molecule has 2 amide bonds. The summed E-state index contributed by atoms with van der Waals surface area (Å²) in [7, 11) is 1.35. The van der Waals surface area contributed by atoms with E-state index in [1.165, 1.54) is 19.2 Å². The molecule has 22 heavy (non-hydrogen) atoms. The van der Waals surface area contributed by atoms with Crippen LogP contribution in [0.2, 0.25) is 10.0 Å². The van der Waals surface area contributed by atoms with Crippen molar-refractivity contribution in [1.29, 1.82) is 0 Å². The monoisotopic (exact) mass is 338 g/mol. The van der Waals surface area contributed by atoms with Crippen molar-refractivity contribution in [2.24, 2.45) is 0 Å². The van der Waals surface area contributed by atoms with Crippen LogP contribution in [0.4, 0.5) is 5.69 Å². The first kappa shape index (κ1) is 16.3. The molecule has 0 aliphatic rings. The van der Waals surface area contributed by atoms with Crippen molar-refractivity contribution in [2.45, 2.75) is 0 Å². The van der Waals surface area contributed by atoms with Crippen LogP contribution in [0.5, 0.6) is 0 Å². The Bertz CT molecular complexity index is 682. The largest absolute Gasteiger partial charge is 0.322 e. The maximum absolute atomic E-state index is 12.1. The Balaban J connectivity index is 2.10. The van der Waals surface area contributed by atoms with E-state index in [4.69, 9.17) is 23.2 Å². The molecule has 0 aromatic heterocycles. The summed E-state index contributed by atoms with van der Waals surface area (Å²) >= 11 is 11.7. The molecule has 0 heterocycles. The standard InChI is InChI=1S/C15H12Cl2N2O3/c1-22-19-15(21)9-2-4-13(5-3-9)18-14(20)10-6-11(16)8-12(17)7-10/h2-8H,1H3,(H,18,20)(H,19,21). The summed E-state index contributed by atoms with van der Waals surface area (Å²) in [6.45, 7) is 0. The second kappa shape index (κ2) is 7.26. The second-order valence-corrected chi connectivity index (χ2v) is 5.20. The molecule has 0 fully saturated rings. The zero-order chi connectivity index (χ0) is 16.1. The minimum Gasteiger partial charge on any atom is -0.322 e. The molecule has 114 valence electrons. The predicted molar refractivity (Wildman–Crippen MR) is 85.3 cm³/mol. The molecule has 0 atom stereocenters. The molecule has 2 N–H and O–H groups in total. The first-order valence-electron chi connectivity index (χ1n) is 6.20. The molecule has 0 saturated carbocycles. The molecule has 0 radical (unpaired) electrons. The van der Waals surface area contributed by atoms with Gasteiger partial charge in [-0.25, -0.2) is 5.48 Å². The molecule has 0 unspecified atom stereocenters. The predicted octanol–water partition coefficient (Wildman–Crippen LogP) is 3.54. The Hall–Kier alpha value is -2.08. The molecule has 2 aromatic carbocycles. The molecule has 0 spiro atoms. The van der Waals surface area contributed by atoms with E-state index in [0.29, 0.717) is 26.9 Å². The molecular formula is C15H12Cl2N2O3. The number of nitrogens with one attached hydrogen (secondary N) is 2. The highest BCUT2D eigenvalue weighted by molar-refractivity contribution is 6.35. The SMILES string of the molecule is CONC(=O)c1ccc(NC(=O)c2cc(Cl)cc(Cl)c2)cc1. The zero-order valence-electron chi connectivity index (χ0n) is 11.5. The highest BCUT2D eigenvalue weighted by atomic mass is 35.5. The number of rotatable bonds is 4.